The van der Waals surface area contributed by atoms with Crippen LogP contribution in [0.15, 0.2) is 34.9 Å². The van der Waals surface area contributed by atoms with Gasteiger partial charge in [0, 0.05) is 10.7 Å². The van der Waals surface area contributed by atoms with Gasteiger partial charge in [-0.15, -0.1) is 0 Å². The van der Waals surface area contributed by atoms with Crippen molar-refractivity contribution in [3.8, 4) is 5.69 Å². The molecule has 2 rings (SSSR count). The number of benzene rings is 1. The molecule has 1 heterocycles. The summed E-state index contributed by atoms with van der Waals surface area (Å²) in [5.74, 6) is -1.70. The summed E-state index contributed by atoms with van der Waals surface area (Å²) in [6.07, 6.45) is 1.36. The summed E-state index contributed by atoms with van der Waals surface area (Å²) < 4.78 is 15.5. The van der Waals surface area contributed by atoms with Gasteiger partial charge >= 0.3 is 5.97 Å². The van der Waals surface area contributed by atoms with E-state index >= 15 is 0 Å². The topological polar surface area (TPSA) is 42.2 Å². The van der Waals surface area contributed by atoms with Crippen molar-refractivity contribution >= 4 is 33.5 Å². The van der Waals surface area contributed by atoms with Crippen molar-refractivity contribution in [1.29, 1.82) is 0 Å². The summed E-state index contributed by atoms with van der Waals surface area (Å²) in [6, 6.07) is 5.53. The van der Waals surface area contributed by atoms with Crippen LogP contribution in [0.4, 0.5) is 4.39 Å². The lowest BCUT2D eigenvalue weighted by Gasteiger charge is -2.07. The molecule has 3 nitrogen and oxygen atoms in total. The van der Waals surface area contributed by atoms with Gasteiger partial charge < -0.3 is 9.67 Å². The number of aromatic nitrogens is 1. The fraction of sp³-hybridized carbons (Fsp3) is 0. The molecule has 1 aromatic carbocycles. The van der Waals surface area contributed by atoms with E-state index in [1.165, 1.54) is 35.0 Å². The largest absolute Gasteiger partial charge is 0.477 e. The van der Waals surface area contributed by atoms with Crippen LogP contribution in [0, 0.1) is 5.82 Å². The zero-order valence-corrected chi connectivity index (χ0v) is 10.7. The van der Waals surface area contributed by atoms with Gasteiger partial charge in [0.05, 0.1) is 10.7 Å². The van der Waals surface area contributed by atoms with Crippen molar-refractivity contribution in [1.82, 2.24) is 4.57 Å². The van der Waals surface area contributed by atoms with E-state index in [9.17, 15) is 9.18 Å². The fourth-order valence-corrected chi connectivity index (χ4v) is 2.01. The number of nitrogens with zero attached hydrogens (tertiary/aromatic N) is 1. The Morgan fingerprint density at radius 1 is 1.41 bits per heavy atom. The number of aromatic carboxylic acids is 1. The van der Waals surface area contributed by atoms with Crippen LogP contribution in [0.1, 0.15) is 10.5 Å². The second-order valence-electron chi connectivity index (χ2n) is 3.31. The van der Waals surface area contributed by atoms with Gasteiger partial charge in [0.25, 0.3) is 0 Å². The molecule has 0 unspecified atom stereocenters. The third kappa shape index (κ3) is 2.35. The maximum Gasteiger partial charge on any atom is 0.352 e. The molecule has 1 N–H and O–H groups in total. The molecule has 0 aliphatic carbocycles. The third-order valence-corrected chi connectivity index (χ3v) is 2.87. The Morgan fingerprint density at radius 2 is 2.12 bits per heavy atom. The number of carbonyl (C=O) groups is 1. The van der Waals surface area contributed by atoms with Gasteiger partial charge in [-0.05, 0) is 24.3 Å². The third-order valence-electron chi connectivity index (χ3n) is 2.17. The van der Waals surface area contributed by atoms with Gasteiger partial charge in [-0.3, -0.25) is 0 Å². The van der Waals surface area contributed by atoms with Crippen LogP contribution in [0.25, 0.3) is 5.69 Å². The highest BCUT2D eigenvalue weighted by Crippen LogP contribution is 2.24. The van der Waals surface area contributed by atoms with E-state index in [2.05, 4.69) is 15.9 Å². The SMILES string of the molecule is O=C(O)c1cc(Cl)cn1-c1cc(Br)ccc1F. The highest BCUT2D eigenvalue weighted by molar-refractivity contribution is 9.10. The zero-order chi connectivity index (χ0) is 12.6. The molecule has 0 aliphatic heterocycles. The first-order valence-electron chi connectivity index (χ1n) is 4.55. The molecule has 88 valence electrons. The Hall–Kier alpha value is -1.33. The maximum absolute atomic E-state index is 13.6. The van der Waals surface area contributed by atoms with Crippen LogP contribution in [0.2, 0.25) is 5.02 Å². The lowest BCUT2D eigenvalue weighted by Crippen LogP contribution is -2.07. The van der Waals surface area contributed by atoms with Crippen molar-refractivity contribution in [2.75, 3.05) is 0 Å². The van der Waals surface area contributed by atoms with Crippen molar-refractivity contribution < 1.29 is 14.3 Å². The summed E-state index contributed by atoms with van der Waals surface area (Å²) in [5, 5.41) is 9.22. The Labute approximate surface area is 110 Å². The van der Waals surface area contributed by atoms with Gasteiger partial charge in [-0.2, -0.15) is 0 Å². The molecule has 1 aromatic heterocycles. The molecule has 17 heavy (non-hydrogen) atoms. The molecule has 0 radical (unpaired) electrons. The summed E-state index contributed by atoms with van der Waals surface area (Å²) in [7, 11) is 0. The van der Waals surface area contributed by atoms with E-state index in [1.807, 2.05) is 0 Å². The number of rotatable bonds is 2. The van der Waals surface area contributed by atoms with Crippen molar-refractivity contribution in [3.05, 3.63) is 51.5 Å². The quantitative estimate of drug-likeness (QED) is 0.916. The van der Waals surface area contributed by atoms with Crippen LogP contribution in [-0.4, -0.2) is 15.6 Å². The van der Waals surface area contributed by atoms with Crippen LogP contribution < -0.4 is 0 Å². The van der Waals surface area contributed by atoms with E-state index in [1.54, 1.807) is 0 Å². The molecule has 0 spiro atoms. The molecule has 0 bridgehead atoms. The van der Waals surface area contributed by atoms with Crippen LogP contribution in [-0.2, 0) is 0 Å². The van der Waals surface area contributed by atoms with Gasteiger partial charge in [0.1, 0.15) is 11.5 Å². The monoisotopic (exact) mass is 317 g/mol. The maximum atomic E-state index is 13.6. The average Bonchev–Trinajstić information content (AvgIpc) is 2.64. The summed E-state index contributed by atoms with van der Waals surface area (Å²) >= 11 is 8.93. The van der Waals surface area contributed by atoms with Crippen molar-refractivity contribution in [2.24, 2.45) is 0 Å². The van der Waals surface area contributed by atoms with E-state index < -0.39 is 11.8 Å². The number of carboxylic acids is 1. The van der Waals surface area contributed by atoms with Gasteiger partial charge in [0.15, 0.2) is 0 Å². The van der Waals surface area contributed by atoms with Crippen molar-refractivity contribution in [2.45, 2.75) is 0 Å². The van der Waals surface area contributed by atoms with Crippen LogP contribution >= 0.6 is 27.5 Å². The van der Waals surface area contributed by atoms with E-state index in [0.29, 0.717) is 4.47 Å². The average molecular weight is 319 g/mol. The highest BCUT2D eigenvalue weighted by Gasteiger charge is 2.15. The number of carboxylic acid groups (broad SMARTS) is 1. The smallest absolute Gasteiger partial charge is 0.352 e. The molecule has 0 aliphatic rings. The van der Waals surface area contributed by atoms with E-state index in [-0.39, 0.29) is 16.4 Å². The second-order valence-corrected chi connectivity index (χ2v) is 4.67. The lowest BCUT2D eigenvalue weighted by atomic mass is 10.3. The van der Waals surface area contributed by atoms with E-state index in [0.717, 1.165) is 0 Å². The summed E-state index contributed by atoms with van der Waals surface area (Å²) in [6.45, 7) is 0. The Morgan fingerprint density at radius 3 is 2.76 bits per heavy atom. The predicted octanol–water partition coefficient (Wildman–Crippen LogP) is 3.73. The van der Waals surface area contributed by atoms with Crippen molar-refractivity contribution in [3.63, 3.8) is 0 Å². The molecular formula is C11H6BrClFNO2. The number of halogens is 3. The molecular weight excluding hydrogens is 312 g/mol. The molecule has 0 amide bonds. The first kappa shape index (κ1) is 12.1. The molecule has 2 aromatic rings. The number of hydrogen-bond donors (Lipinski definition) is 1. The van der Waals surface area contributed by atoms with E-state index in [4.69, 9.17) is 16.7 Å². The fourth-order valence-electron chi connectivity index (χ4n) is 1.46. The second kappa shape index (κ2) is 4.50. The lowest BCUT2D eigenvalue weighted by molar-refractivity contribution is 0.0688. The predicted molar refractivity (Wildman–Crippen MR) is 65.4 cm³/mol. The first-order chi connectivity index (χ1) is 7.99. The minimum absolute atomic E-state index is 0.0907. The number of hydrogen-bond acceptors (Lipinski definition) is 1. The molecule has 0 saturated carbocycles. The van der Waals surface area contributed by atoms with Crippen LogP contribution in [0.5, 0.6) is 0 Å². The molecule has 6 heteroatoms. The minimum atomic E-state index is -1.17. The standard InChI is InChI=1S/C11H6BrClFNO2/c12-6-1-2-8(14)9(3-6)15-5-7(13)4-10(15)11(16)17/h1-5H,(H,16,17). The molecule has 0 saturated heterocycles. The first-order valence-corrected chi connectivity index (χ1v) is 5.73. The normalized spacial score (nSPS) is 10.5. The highest BCUT2D eigenvalue weighted by atomic mass is 79.9. The van der Waals surface area contributed by atoms with Gasteiger partial charge in [-0.25, -0.2) is 9.18 Å². The van der Waals surface area contributed by atoms with Crippen LogP contribution in [0.3, 0.4) is 0 Å². The molecule has 0 atom stereocenters. The van der Waals surface area contributed by atoms with Gasteiger partial charge in [0.2, 0.25) is 0 Å². The molecule has 0 fully saturated rings. The Kier molecular flexibility index (Phi) is 3.22. The summed E-state index contributed by atoms with van der Waals surface area (Å²) in [4.78, 5) is 11.0. The summed E-state index contributed by atoms with van der Waals surface area (Å²) in [5.41, 5.74) is 0.0377. The minimum Gasteiger partial charge on any atom is -0.477 e. The zero-order valence-electron chi connectivity index (χ0n) is 8.32. The van der Waals surface area contributed by atoms with Gasteiger partial charge in [-0.1, -0.05) is 27.5 Å². The Balaban J connectivity index is 2.67. The Bertz CT molecular complexity index is 597.